The van der Waals surface area contributed by atoms with Gasteiger partial charge in [0.1, 0.15) is 12.3 Å². The molecule has 1 fully saturated rings. The number of nitrogens with one attached hydrogen (secondary N) is 3. The smallest absolute Gasteiger partial charge is 0.335 e. The first-order valence-corrected chi connectivity index (χ1v) is 22.3. The van der Waals surface area contributed by atoms with Crippen LogP contribution in [0, 0.1) is 0 Å². The normalized spacial score (nSPS) is 21.7. The number of aromatic amines is 1. The van der Waals surface area contributed by atoms with Gasteiger partial charge in [-0.1, -0.05) is 72.8 Å². The number of anilines is 1. The maximum absolute atomic E-state index is 12.9. The highest BCUT2D eigenvalue weighted by molar-refractivity contribution is 7.90. The van der Waals surface area contributed by atoms with Gasteiger partial charge in [0.25, 0.3) is 15.6 Å². The molecule has 3 aromatic rings. The lowest BCUT2D eigenvalue weighted by atomic mass is 10.1. The Kier molecular flexibility index (Phi) is 9.11. The third-order valence-electron chi connectivity index (χ3n) is 9.95. The summed E-state index contributed by atoms with van der Waals surface area (Å²) in [7, 11) is -8.84. The summed E-state index contributed by atoms with van der Waals surface area (Å²) >= 11 is 0. The Balaban J connectivity index is 1.66. The van der Waals surface area contributed by atoms with Crippen LogP contribution in [0.1, 0.15) is 54.2 Å². The number of aromatic nitrogens is 4. The van der Waals surface area contributed by atoms with Crippen molar-refractivity contribution < 1.29 is 27.5 Å². The molecule has 0 saturated carbocycles. The van der Waals surface area contributed by atoms with Crippen LogP contribution in [0.4, 0.5) is 10.7 Å². The topological polar surface area (TPSA) is 178 Å². The van der Waals surface area contributed by atoms with Gasteiger partial charge in [0, 0.05) is 6.42 Å². The van der Waals surface area contributed by atoms with E-state index in [0.717, 1.165) is 0 Å². The highest BCUT2D eigenvalue weighted by Crippen LogP contribution is 2.52. The number of nitrogens with zero attached hydrogens (tertiary/aromatic N) is 3. The van der Waals surface area contributed by atoms with E-state index in [1.807, 2.05) is 4.72 Å². The van der Waals surface area contributed by atoms with Crippen molar-refractivity contribution in [1.82, 2.24) is 24.2 Å². The van der Waals surface area contributed by atoms with Crippen molar-refractivity contribution in [3.05, 3.63) is 47.0 Å². The molecule has 1 aromatic carbocycles. The standard InChI is InChI=1S/C29H46N6O7SSi2/c1-27(2,3)44(7,8)29(38)16-21(42-20(29)17-41-45(9,10)28(4,5)6)35-18-30-22-23(35)31-25(32-24(22)36)33-26(37)34-43(39,40)19-14-12-11-13-15-19/h11-15,18,20-21,38H,16-17H2,1-10H3,(H3,31,32,33,34,36,37)/t20-,21-,29-/m1/s1. The molecule has 2 amide bonds. The van der Waals surface area contributed by atoms with Gasteiger partial charge in [0.15, 0.2) is 19.5 Å². The molecule has 0 aliphatic carbocycles. The number of hydrogen-bond acceptors (Lipinski definition) is 9. The Labute approximate surface area is 266 Å². The molecule has 4 rings (SSSR count). The number of ether oxygens (including phenoxy) is 1. The molecule has 0 spiro atoms. The summed E-state index contributed by atoms with van der Waals surface area (Å²) in [6.45, 7) is 21.7. The first kappa shape index (κ1) is 35.0. The SMILES string of the molecule is CC(C)(C)[Si](C)(C)OC[C@H]1O[C@@H](n2cnc3c(=O)[nH]c(NC(=O)NS(=O)(=O)c4ccccc4)nc32)C[C@@]1(O)[Si](C)(C)C(C)(C)C. The molecule has 0 radical (unpaired) electrons. The molecule has 3 atom stereocenters. The number of rotatable bonds is 8. The Morgan fingerprint density at radius 2 is 1.76 bits per heavy atom. The molecule has 45 heavy (non-hydrogen) atoms. The average molecular weight is 679 g/mol. The number of benzene rings is 1. The van der Waals surface area contributed by atoms with Gasteiger partial charge in [0.05, 0.1) is 31.1 Å². The van der Waals surface area contributed by atoms with E-state index in [4.69, 9.17) is 9.16 Å². The van der Waals surface area contributed by atoms with Crippen molar-refractivity contribution >= 4 is 49.6 Å². The van der Waals surface area contributed by atoms with E-state index >= 15 is 0 Å². The molecular formula is C29H46N6O7SSi2. The fourth-order valence-electron chi connectivity index (χ4n) is 5.01. The molecule has 2 aromatic heterocycles. The lowest BCUT2D eigenvalue weighted by Crippen LogP contribution is -2.65. The molecule has 16 heteroatoms. The zero-order chi connectivity index (χ0) is 33.8. The summed E-state index contributed by atoms with van der Waals surface area (Å²) < 4.78 is 41.8. The van der Waals surface area contributed by atoms with E-state index < -0.39 is 55.6 Å². The highest BCUT2D eigenvalue weighted by atomic mass is 32.2. The molecule has 0 unspecified atom stereocenters. The van der Waals surface area contributed by atoms with Crippen molar-refractivity contribution in [2.45, 2.75) is 107 Å². The lowest BCUT2D eigenvalue weighted by Gasteiger charge is -2.49. The zero-order valence-electron chi connectivity index (χ0n) is 27.7. The van der Waals surface area contributed by atoms with Gasteiger partial charge >= 0.3 is 6.03 Å². The van der Waals surface area contributed by atoms with E-state index in [1.54, 1.807) is 10.6 Å². The quantitative estimate of drug-likeness (QED) is 0.246. The molecular weight excluding hydrogens is 633 g/mol. The molecule has 3 heterocycles. The van der Waals surface area contributed by atoms with Gasteiger partial charge in [0.2, 0.25) is 5.95 Å². The van der Waals surface area contributed by atoms with Gasteiger partial charge in [-0.3, -0.25) is 19.7 Å². The van der Waals surface area contributed by atoms with Crippen molar-refractivity contribution in [3.8, 4) is 0 Å². The number of amides is 2. The second-order valence-corrected chi connectivity index (χ2v) is 26.9. The van der Waals surface area contributed by atoms with Crippen molar-refractivity contribution in [3.63, 3.8) is 0 Å². The first-order valence-electron chi connectivity index (χ1n) is 14.9. The monoisotopic (exact) mass is 678 g/mol. The number of urea groups is 1. The zero-order valence-corrected chi connectivity index (χ0v) is 30.5. The minimum absolute atomic E-state index is 0.00157. The Morgan fingerprint density at radius 3 is 2.33 bits per heavy atom. The third kappa shape index (κ3) is 6.67. The summed E-state index contributed by atoms with van der Waals surface area (Å²) in [6.07, 6.45) is 0.248. The Morgan fingerprint density at radius 1 is 1.13 bits per heavy atom. The summed E-state index contributed by atoms with van der Waals surface area (Å²) in [5.41, 5.74) is -0.540. The minimum atomic E-state index is -4.17. The predicted octanol–water partition coefficient (Wildman–Crippen LogP) is 4.72. The molecule has 0 bridgehead atoms. The minimum Gasteiger partial charge on any atom is -0.414 e. The molecule has 13 nitrogen and oxygen atoms in total. The number of carbonyl (C=O) groups excluding carboxylic acids is 1. The van der Waals surface area contributed by atoms with Crippen LogP contribution in [0.15, 0.2) is 46.3 Å². The molecule has 248 valence electrons. The molecule has 4 N–H and O–H groups in total. The number of hydrogen-bond donors (Lipinski definition) is 4. The second kappa shape index (κ2) is 11.7. The van der Waals surface area contributed by atoms with E-state index in [-0.39, 0.29) is 45.1 Å². The van der Waals surface area contributed by atoms with Crippen LogP contribution in [0.5, 0.6) is 0 Å². The number of carbonyl (C=O) groups is 1. The molecule has 1 saturated heterocycles. The summed E-state index contributed by atoms with van der Waals surface area (Å²) in [5, 5.41) is 13.4. The first-order chi connectivity index (χ1) is 20.5. The largest absolute Gasteiger partial charge is 0.414 e. The van der Waals surface area contributed by atoms with Gasteiger partial charge in [-0.25, -0.2) is 22.9 Å². The number of fused-ring (bicyclic) bond motifs is 1. The van der Waals surface area contributed by atoms with E-state index in [1.165, 1.54) is 30.6 Å². The number of sulfonamides is 1. The third-order valence-corrected chi connectivity index (χ3v) is 22.2. The molecule has 1 aliphatic heterocycles. The van der Waals surface area contributed by atoms with Gasteiger partial charge in [-0.15, -0.1) is 0 Å². The van der Waals surface area contributed by atoms with Crippen LogP contribution in [-0.4, -0.2) is 73.4 Å². The van der Waals surface area contributed by atoms with Gasteiger partial charge < -0.3 is 14.3 Å². The maximum Gasteiger partial charge on any atom is 0.335 e. The summed E-state index contributed by atoms with van der Waals surface area (Å²) in [5.74, 6) is -0.287. The number of H-pyrrole nitrogens is 1. The van der Waals surface area contributed by atoms with Crippen molar-refractivity contribution in [2.24, 2.45) is 0 Å². The number of aliphatic hydroxyl groups is 1. The van der Waals surface area contributed by atoms with E-state index in [9.17, 15) is 23.1 Å². The van der Waals surface area contributed by atoms with Crippen molar-refractivity contribution in [2.75, 3.05) is 11.9 Å². The highest BCUT2D eigenvalue weighted by Gasteiger charge is 2.62. The lowest BCUT2D eigenvalue weighted by molar-refractivity contribution is -0.0549. The molecule has 1 aliphatic rings. The summed E-state index contributed by atoms with van der Waals surface area (Å²) in [4.78, 5) is 36.5. The fourth-order valence-corrected chi connectivity index (χ4v) is 9.88. The Hall–Kier alpha value is -2.90. The second-order valence-electron chi connectivity index (χ2n) is 14.8. The van der Waals surface area contributed by atoms with E-state index in [2.05, 4.69) is 88.0 Å². The van der Waals surface area contributed by atoms with Crippen LogP contribution in [0.3, 0.4) is 0 Å². The van der Waals surface area contributed by atoms with Gasteiger partial charge in [-0.2, -0.15) is 4.98 Å². The number of imidazole rings is 1. The fraction of sp³-hybridized carbons (Fsp3) is 0.586. The van der Waals surface area contributed by atoms with Crippen LogP contribution in [0.2, 0.25) is 36.3 Å². The Bertz CT molecular complexity index is 1730. The van der Waals surface area contributed by atoms with Gasteiger partial charge in [-0.05, 0) is 35.3 Å². The maximum atomic E-state index is 12.9. The van der Waals surface area contributed by atoms with Crippen LogP contribution < -0.4 is 15.6 Å². The summed E-state index contributed by atoms with van der Waals surface area (Å²) in [6, 6.07) is 6.29. The van der Waals surface area contributed by atoms with Crippen LogP contribution in [0.25, 0.3) is 11.2 Å². The van der Waals surface area contributed by atoms with Crippen molar-refractivity contribution in [1.29, 1.82) is 0 Å². The predicted molar refractivity (Wildman–Crippen MR) is 178 cm³/mol. The van der Waals surface area contributed by atoms with E-state index in [0.29, 0.717) is 0 Å². The van der Waals surface area contributed by atoms with Crippen LogP contribution in [-0.2, 0) is 19.2 Å². The van der Waals surface area contributed by atoms with Crippen LogP contribution >= 0.6 is 0 Å². The average Bonchev–Trinajstić information content (AvgIpc) is 3.48.